The van der Waals surface area contributed by atoms with E-state index in [9.17, 15) is 4.57 Å². The van der Waals surface area contributed by atoms with Crippen LogP contribution in [-0.4, -0.2) is 9.79 Å². The Kier molecular flexibility index (Phi) is 2.76. The lowest BCUT2D eigenvalue weighted by Gasteiger charge is -1.97. The zero-order valence-electron chi connectivity index (χ0n) is 4.31. The lowest BCUT2D eigenvalue weighted by atomic mass is 10.8. The van der Waals surface area contributed by atoms with Gasteiger partial charge in [0.2, 0.25) is 0 Å². The van der Waals surface area contributed by atoms with E-state index in [2.05, 4.69) is 4.52 Å². The van der Waals surface area contributed by atoms with Crippen molar-refractivity contribution in [2.45, 2.75) is 6.92 Å². The molecular weight excluding hydrogens is 131 g/mol. The van der Waals surface area contributed by atoms with E-state index in [0.29, 0.717) is 0 Å². The number of phosphoric acid groups is 1. The monoisotopic (exact) mass is 138 g/mol. The fraction of sp³-hybridized carbons (Fsp3) is 0.333. The molecule has 0 aliphatic rings. The first-order chi connectivity index (χ1) is 3.56. The Morgan fingerprint density at radius 1 is 1.62 bits per heavy atom. The van der Waals surface area contributed by atoms with Crippen LogP contribution in [0.4, 0.5) is 0 Å². The van der Waals surface area contributed by atoms with E-state index in [1.54, 1.807) is 6.92 Å². The van der Waals surface area contributed by atoms with E-state index in [-0.39, 0.29) is 0 Å². The van der Waals surface area contributed by atoms with Gasteiger partial charge in [-0.2, -0.15) is 0 Å². The minimum absolute atomic E-state index is 0.945. The van der Waals surface area contributed by atoms with Crippen molar-refractivity contribution in [3.05, 3.63) is 12.3 Å². The molecule has 5 heteroatoms. The summed E-state index contributed by atoms with van der Waals surface area (Å²) in [6, 6.07) is 0. The molecule has 0 saturated carbocycles. The zero-order chi connectivity index (χ0) is 6.62. The summed E-state index contributed by atoms with van der Waals surface area (Å²) in [5.41, 5.74) is 0. The molecule has 8 heavy (non-hydrogen) atoms. The predicted molar refractivity (Wildman–Crippen MR) is 27.9 cm³/mol. The van der Waals surface area contributed by atoms with Gasteiger partial charge in [0.1, 0.15) is 0 Å². The van der Waals surface area contributed by atoms with Gasteiger partial charge in [0.15, 0.2) is 0 Å². The van der Waals surface area contributed by atoms with E-state index in [0.717, 1.165) is 6.26 Å². The van der Waals surface area contributed by atoms with Crippen LogP contribution >= 0.6 is 7.82 Å². The number of hydrogen-bond donors (Lipinski definition) is 2. The molecule has 0 saturated heterocycles. The van der Waals surface area contributed by atoms with Crippen molar-refractivity contribution in [3.8, 4) is 0 Å². The first kappa shape index (κ1) is 7.69. The smallest absolute Gasteiger partial charge is 0.413 e. The maximum atomic E-state index is 9.81. The van der Waals surface area contributed by atoms with Crippen LogP contribution < -0.4 is 0 Å². The van der Waals surface area contributed by atoms with Gasteiger partial charge in [-0.1, -0.05) is 6.08 Å². The van der Waals surface area contributed by atoms with Crippen molar-refractivity contribution < 1.29 is 18.9 Å². The van der Waals surface area contributed by atoms with Gasteiger partial charge in [-0.15, -0.1) is 0 Å². The lowest BCUT2D eigenvalue weighted by molar-refractivity contribution is 0.258. The summed E-state index contributed by atoms with van der Waals surface area (Å²) < 4.78 is 13.7. The average molecular weight is 138 g/mol. The summed E-state index contributed by atoms with van der Waals surface area (Å²) in [4.78, 5) is 16.0. The Morgan fingerprint density at radius 3 is 2.25 bits per heavy atom. The molecule has 0 aliphatic heterocycles. The topological polar surface area (TPSA) is 66.8 Å². The molecule has 0 aromatic carbocycles. The molecule has 0 aromatic heterocycles. The van der Waals surface area contributed by atoms with Crippen molar-refractivity contribution in [1.29, 1.82) is 0 Å². The van der Waals surface area contributed by atoms with Crippen molar-refractivity contribution in [3.63, 3.8) is 0 Å². The lowest BCUT2D eigenvalue weighted by Crippen LogP contribution is -1.76. The Balaban J connectivity index is 3.57. The molecule has 0 spiro atoms. The van der Waals surface area contributed by atoms with Crippen molar-refractivity contribution in [2.24, 2.45) is 0 Å². The van der Waals surface area contributed by atoms with Crippen molar-refractivity contribution in [2.75, 3.05) is 0 Å². The summed E-state index contributed by atoms with van der Waals surface area (Å²) in [6.07, 6.45) is 2.33. The standard InChI is InChI=1S/C3H7O4P/c1-2-3-7-8(4,5)6/h2-3H,1H3,(H2,4,5,6). The summed E-state index contributed by atoms with van der Waals surface area (Å²) in [5.74, 6) is 0. The largest absolute Gasteiger partial charge is 0.524 e. The van der Waals surface area contributed by atoms with Gasteiger partial charge in [0, 0.05) is 0 Å². The maximum Gasteiger partial charge on any atom is 0.524 e. The summed E-state index contributed by atoms with van der Waals surface area (Å²) >= 11 is 0. The minimum atomic E-state index is -4.27. The number of rotatable bonds is 2. The molecule has 0 aromatic rings. The highest BCUT2D eigenvalue weighted by Crippen LogP contribution is 2.35. The highest BCUT2D eigenvalue weighted by molar-refractivity contribution is 7.46. The Hall–Kier alpha value is -0.310. The van der Waals surface area contributed by atoms with Crippen molar-refractivity contribution >= 4 is 7.82 Å². The van der Waals surface area contributed by atoms with Gasteiger partial charge in [-0.05, 0) is 6.92 Å². The van der Waals surface area contributed by atoms with Gasteiger partial charge in [0.25, 0.3) is 0 Å². The molecular formula is C3H7O4P. The van der Waals surface area contributed by atoms with E-state index in [4.69, 9.17) is 9.79 Å². The van der Waals surface area contributed by atoms with E-state index >= 15 is 0 Å². The Morgan fingerprint density at radius 2 is 2.12 bits per heavy atom. The molecule has 0 rings (SSSR count). The van der Waals surface area contributed by atoms with Gasteiger partial charge < -0.3 is 4.52 Å². The fourth-order valence-corrected chi connectivity index (χ4v) is 0.420. The average Bonchev–Trinajstić information content (AvgIpc) is 1.59. The first-order valence-corrected chi connectivity index (χ1v) is 3.44. The second-order valence-corrected chi connectivity index (χ2v) is 2.26. The van der Waals surface area contributed by atoms with Gasteiger partial charge in [-0.3, -0.25) is 9.79 Å². The van der Waals surface area contributed by atoms with E-state index in [1.165, 1.54) is 6.08 Å². The zero-order valence-corrected chi connectivity index (χ0v) is 5.21. The molecule has 0 atom stereocenters. The first-order valence-electron chi connectivity index (χ1n) is 1.91. The minimum Gasteiger partial charge on any atom is -0.413 e. The Labute approximate surface area is 47.0 Å². The number of allylic oxidation sites excluding steroid dienone is 1. The van der Waals surface area contributed by atoms with Crippen LogP contribution in [0.1, 0.15) is 6.92 Å². The van der Waals surface area contributed by atoms with Gasteiger partial charge in [-0.25, -0.2) is 4.57 Å². The normalized spacial score (nSPS) is 12.4. The van der Waals surface area contributed by atoms with Crippen molar-refractivity contribution in [1.82, 2.24) is 0 Å². The molecule has 0 unspecified atom stereocenters. The highest BCUT2D eigenvalue weighted by atomic mass is 31.2. The SMILES string of the molecule is CC=COP(=O)(O)O. The molecule has 0 fully saturated rings. The Bertz CT molecular complexity index is 123. The fourth-order valence-electron chi connectivity index (χ4n) is 0.140. The third-order valence-corrected chi connectivity index (χ3v) is 0.731. The molecule has 0 bridgehead atoms. The van der Waals surface area contributed by atoms with Crippen LogP contribution in [0.5, 0.6) is 0 Å². The second kappa shape index (κ2) is 2.87. The third-order valence-electron chi connectivity index (χ3n) is 0.334. The number of hydrogen-bond acceptors (Lipinski definition) is 2. The molecule has 2 N–H and O–H groups in total. The summed E-state index contributed by atoms with van der Waals surface area (Å²) in [6.45, 7) is 1.59. The molecule has 48 valence electrons. The summed E-state index contributed by atoms with van der Waals surface area (Å²) in [5, 5.41) is 0. The molecule has 0 radical (unpaired) electrons. The molecule has 0 aliphatic carbocycles. The van der Waals surface area contributed by atoms with Crippen LogP contribution in [0.2, 0.25) is 0 Å². The van der Waals surface area contributed by atoms with Crippen LogP contribution in [-0.2, 0) is 9.09 Å². The van der Waals surface area contributed by atoms with E-state index in [1.807, 2.05) is 0 Å². The number of phosphoric ester groups is 1. The maximum absolute atomic E-state index is 9.81. The van der Waals surface area contributed by atoms with Gasteiger partial charge >= 0.3 is 7.82 Å². The van der Waals surface area contributed by atoms with E-state index < -0.39 is 7.82 Å². The second-order valence-electron chi connectivity index (χ2n) is 1.07. The highest BCUT2D eigenvalue weighted by Gasteiger charge is 2.10. The predicted octanol–water partition coefficient (Wildman–Crippen LogP) is 0.629. The molecule has 0 amide bonds. The van der Waals surface area contributed by atoms with Crippen LogP contribution in [0.3, 0.4) is 0 Å². The molecule has 4 nitrogen and oxygen atoms in total. The summed E-state index contributed by atoms with van der Waals surface area (Å²) in [7, 11) is -4.27. The quantitative estimate of drug-likeness (QED) is 0.433. The van der Waals surface area contributed by atoms with Gasteiger partial charge in [0.05, 0.1) is 6.26 Å². The van der Waals surface area contributed by atoms with Crippen LogP contribution in [0.25, 0.3) is 0 Å². The molecule has 0 heterocycles. The van der Waals surface area contributed by atoms with Crippen LogP contribution in [0, 0.1) is 0 Å². The van der Waals surface area contributed by atoms with Crippen LogP contribution in [0.15, 0.2) is 12.3 Å². The third kappa shape index (κ3) is 5.69.